The van der Waals surface area contributed by atoms with Crippen molar-refractivity contribution in [1.82, 2.24) is 19.8 Å². The highest BCUT2D eigenvalue weighted by Crippen LogP contribution is 2.35. The number of pyridine rings is 1. The highest BCUT2D eigenvalue weighted by atomic mass is 32.1. The molecule has 0 saturated carbocycles. The quantitative estimate of drug-likeness (QED) is 0.124. The molecule has 0 aliphatic carbocycles. The summed E-state index contributed by atoms with van der Waals surface area (Å²) < 4.78 is 18.5. The molecule has 3 aromatic carbocycles. The van der Waals surface area contributed by atoms with Crippen LogP contribution < -0.4 is 15.0 Å². The van der Waals surface area contributed by atoms with E-state index >= 15 is 0 Å². The number of benzene rings is 3. The summed E-state index contributed by atoms with van der Waals surface area (Å²) in [7, 11) is 0. The standard InChI is InChI=1S/C46H54N6O6S/c1-8-56-41(53)28-52-29(2)25-50(26-30(52)3)23-24-57-38-17-12-14-33(31(38)4)34-19-20-40(48-42(34)44(55)58-46(5,6)7)51-22-21-32-13-11-15-35(36(32)27-51)43(54)49-45-47-37-16-9-10-18-39(37)59-45/h9-20,29-30H,8,21-28H2,1-7H3,(H,47,49,54)/t29-,30+. The second-order valence-electron chi connectivity index (χ2n) is 16.3. The fourth-order valence-corrected chi connectivity index (χ4v) is 8.93. The molecule has 0 bridgehead atoms. The van der Waals surface area contributed by atoms with Crippen LogP contribution in [0.25, 0.3) is 21.3 Å². The number of nitrogens with one attached hydrogen (secondary N) is 1. The van der Waals surface area contributed by atoms with Gasteiger partial charge in [0.1, 0.15) is 23.8 Å². The SMILES string of the molecule is CCOC(=O)CN1[C@H](C)CN(CCOc2cccc(-c3ccc(N4CCc5cccc(C(=O)Nc6nc7ccccc7s6)c5C4)nc3C(=O)OC(C)(C)C)c2C)C[C@@H]1C. The maximum Gasteiger partial charge on any atom is 0.358 e. The van der Waals surface area contributed by atoms with Gasteiger partial charge in [-0.1, -0.05) is 47.7 Å². The molecule has 0 spiro atoms. The zero-order chi connectivity index (χ0) is 41.8. The summed E-state index contributed by atoms with van der Waals surface area (Å²) in [6, 6.07) is 23.8. The predicted octanol–water partition coefficient (Wildman–Crippen LogP) is 7.77. The third-order valence-corrected chi connectivity index (χ3v) is 11.8. The number of carbonyl (C=O) groups is 3. The molecule has 13 heteroatoms. The summed E-state index contributed by atoms with van der Waals surface area (Å²) in [4.78, 5) is 56.1. The van der Waals surface area contributed by atoms with Gasteiger partial charge >= 0.3 is 11.9 Å². The lowest BCUT2D eigenvalue weighted by molar-refractivity contribution is -0.146. The third kappa shape index (κ3) is 9.75. The minimum Gasteiger partial charge on any atom is -0.492 e. The monoisotopic (exact) mass is 818 g/mol. The number of amides is 1. The molecule has 1 saturated heterocycles. The minimum atomic E-state index is -0.735. The van der Waals surface area contributed by atoms with E-state index in [1.165, 1.54) is 11.3 Å². The number of thiazole rings is 1. The number of anilines is 2. The van der Waals surface area contributed by atoms with Crippen molar-refractivity contribution in [3.8, 4) is 16.9 Å². The van der Waals surface area contributed by atoms with Crippen LogP contribution in [0.5, 0.6) is 5.75 Å². The number of fused-ring (bicyclic) bond motifs is 2. The zero-order valence-corrected chi connectivity index (χ0v) is 35.9. The molecule has 4 heterocycles. The third-order valence-electron chi connectivity index (χ3n) is 10.9. The van der Waals surface area contributed by atoms with E-state index in [0.717, 1.165) is 57.9 Å². The number of carbonyl (C=O) groups excluding carboxylic acids is 3. The Morgan fingerprint density at radius 2 is 1.68 bits per heavy atom. The number of aromatic nitrogens is 2. The Hall–Kier alpha value is -5.37. The van der Waals surface area contributed by atoms with E-state index in [1.54, 1.807) is 0 Å². The Kier molecular flexibility index (Phi) is 12.6. The number of esters is 2. The first kappa shape index (κ1) is 41.8. The van der Waals surface area contributed by atoms with Gasteiger partial charge in [0, 0.05) is 55.9 Å². The molecule has 1 amide bonds. The van der Waals surface area contributed by atoms with Crippen LogP contribution in [0.2, 0.25) is 0 Å². The van der Waals surface area contributed by atoms with Crippen LogP contribution in [0.15, 0.2) is 72.8 Å². The predicted molar refractivity (Wildman–Crippen MR) is 233 cm³/mol. The number of rotatable bonds is 12. The second kappa shape index (κ2) is 17.9. The van der Waals surface area contributed by atoms with Crippen molar-refractivity contribution in [2.75, 3.05) is 56.2 Å². The molecule has 12 nitrogen and oxygen atoms in total. The van der Waals surface area contributed by atoms with E-state index in [-0.39, 0.29) is 29.7 Å². The molecule has 310 valence electrons. The molecular weight excluding hydrogens is 765 g/mol. The molecular formula is C46H54N6O6S. The fourth-order valence-electron chi connectivity index (χ4n) is 8.07. The van der Waals surface area contributed by atoms with Gasteiger partial charge in [0.2, 0.25) is 0 Å². The lowest BCUT2D eigenvalue weighted by Crippen LogP contribution is -2.58. The van der Waals surface area contributed by atoms with Gasteiger partial charge in [-0.15, -0.1) is 0 Å². The molecule has 5 aromatic rings. The molecule has 0 radical (unpaired) electrons. The van der Waals surface area contributed by atoms with Gasteiger partial charge in [-0.25, -0.2) is 14.8 Å². The maximum atomic E-state index is 14.0. The van der Waals surface area contributed by atoms with Crippen molar-refractivity contribution >= 4 is 50.3 Å². The van der Waals surface area contributed by atoms with Crippen molar-refractivity contribution in [2.24, 2.45) is 0 Å². The fraction of sp³-hybridized carbons (Fsp3) is 0.413. The summed E-state index contributed by atoms with van der Waals surface area (Å²) in [6.45, 7) is 18.3. The minimum absolute atomic E-state index is 0.187. The Balaban J connectivity index is 1.09. The van der Waals surface area contributed by atoms with Crippen LogP contribution >= 0.6 is 11.3 Å². The number of ether oxygens (including phenoxy) is 3. The van der Waals surface area contributed by atoms with Gasteiger partial charge in [-0.05, 0) is 114 Å². The van der Waals surface area contributed by atoms with Crippen molar-refractivity contribution < 1.29 is 28.6 Å². The number of piperazine rings is 1. The first-order chi connectivity index (χ1) is 28.3. The largest absolute Gasteiger partial charge is 0.492 e. The van der Waals surface area contributed by atoms with Crippen LogP contribution in [0.3, 0.4) is 0 Å². The van der Waals surface area contributed by atoms with Crippen LogP contribution in [0.1, 0.15) is 79.1 Å². The van der Waals surface area contributed by atoms with Gasteiger partial charge in [0.15, 0.2) is 10.8 Å². The van der Waals surface area contributed by atoms with Crippen molar-refractivity contribution in [1.29, 1.82) is 0 Å². The van der Waals surface area contributed by atoms with Crippen molar-refractivity contribution in [2.45, 2.75) is 79.1 Å². The van der Waals surface area contributed by atoms with Crippen molar-refractivity contribution in [3.05, 3.63) is 101 Å². The van der Waals surface area contributed by atoms with Gasteiger partial charge in [-0.2, -0.15) is 0 Å². The molecule has 59 heavy (non-hydrogen) atoms. The van der Waals surface area contributed by atoms with Gasteiger partial charge in [0.25, 0.3) is 5.91 Å². The first-order valence-corrected chi connectivity index (χ1v) is 21.2. The van der Waals surface area contributed by atoms with Crippen LogP contribution in [0.4, 0.5) is 10.9 Å². The summed E-state index contributed by atoms with van der Waals surface area (Å²) in [5.74, 6) is 0.438. The van der Waals surface area contributed by atoms with Gasteiger partial charge < -0.3 is 19.1 Å². The molecule has 2 aromatic heterocycles. The number of para-hydroxylation sites is 1. The lowest BCUT2D eigenvalue weighted by Gasteiger charge is -2.43. The van der Waals surface area contributed by atoms with E-state index in [9.17, 15) is 14.4 Å². The lowest BCUT2D eigenvalue weighted by atomic mass is 9.94. The van der Waals surface area contributed by atoms with E-state index in [0.29, 0.717) is 61.3 Å². The molecule has 1 fully saturated rings. The van der Waals surface area contributed by atoms with E-state index in [2.05, 4.69) is 44.9 Å². The molecule has 2 atom stereocenters. The van der Waals surface area contributed by atoms with Crippen LogP contribution in [0, 0.1) is 6.92 Å². The summed E-state index contributed by atoms with van der Waals surface area (Å²) >= 11 is 1.45. The van der Waals surface area contributed by atoms with Crippen LogP contribution in [-0.4, -0.2) is 101 Å². The Morgan fingerprint density at radius 3 is 2.42 bits per heavy atom. The van der Waals surface area contributed by atoms with E-state index in [1.807, 2.05) is 101 Å². The van der Waals surface area contributed by atoms with Gasteiger partial charge in [-0.3, -0.25) is 24.7 Å². The second-order valence-corrected chi connectivity index (χ2v) is 17.4. The average molecular weight is 819 g/mol. The van der Waals surface area contributed by atoms with Gasteiger partial charge in [0.05, 0.1) is 23.4 Å². The normalized spacial score (nSPS) is 17.4. The molecule has 7 rings (SSSR count). The van der Waals surface area contributed by atoms with Crippen molar-refractivity contribution in [3.63, 3.8) is 0 Å². The van der Waals surface area contributed by atoms with E-state index in [4.69, 9.17) is 19.2 Å². The Labute approximate surface area is 350 Å². The number of hydrogen-bond acceptors (Lipinski definition) is 12. The molecule has 2 aliphatic rings. The highest BCUT2D eigenvalue weighted by Gasteiger charge is 2.32. The van der Waals surface area contributed by atoms with Crippen LogP contribution in [-0.2, 0) is 27.2 Å². The molecule has 0 unspecified atom stereocenters. The summed E-state index contributed by atoms with van der Waals surface area (Å²) in [5, 5.41) is 3.57. The first-order valence-electron chi connectivity index (χ1n) is 20.4. The summed E-state index contributed by atoms with van der Waals surface area (Å²) in [5.41, 5.74) is 5.31. The topological polar surface area (TPSA) is 126 Å². The molecule has 2 aliphatic heterocycles. The Morgan fingerprint density at radius 1 is 0.915 bits per heavy atom. The highest BCUT2D eigenvalue weighted by molar-refractivity contribution is 7.22. The average Bonchev–Trinajstić information content (AvgIpc) is 3.61. The van der Waals surface area contributed by atoms with E-state index < -0.39 is 11.6 Å². The number of nitrogens with zero attached hydrogens (tertiary/aromatic N) is 5. The zero-order valence-electron chi connectivity index (χ0n) is 35.0. The maximum absolute atomic E-state index is 14.0. The Bertz CT molecular complexity index is 2290. The molecule has 1 N–H and O–H groups in total. The number of hydrogen-bond donors (Lipinski definition) is 1. The summed E-state index contributed by atoms with van der Waals surface area (Å²) in [6.07, 6.45) is 0.711. The smallest absolute Gasteiger partial charge is 0.358 e.